The average Bonchev–Trinajstić information content (AvgIpc) is 3.22. The smallest absolute Gasteiger partial charge is 0.0436 e. The highest BCUT2D eigenvalue weighted by molar-refractivity contribution is 5.56. The molecule has 0 spiro atoms. The van der Waals surface area contributed by atoms with Crippen LogP contribution in [0.15, 0.2) is 85.1 Å². The summed E-state index contributed by atoms with van der Waals surface area (Å²) in [5.74, 6) is 0. The summed E-state index contributed by atoms with van der Waals surface area (Å²) in [5, 5.41) is 0. The molecule has 0 aliphatic carbocycles. The maximum absolute atomic E-state index is 2.36. The first kappa shape index (κ1) is 35.0. The molecule has 0 radical (unpaired) electrons. The number of nitrogens with zero attached hydrogens (tertiary/aromatic N) is 3. The molecule has 40 heavy (non-hydrogen) atoms. The fourth-order valence-corrected chi connectivity index (χ4v) is 4.98. The third-order valence-corrected chi connectivity index (χ3v) is 6.94. The van der Waals surface area contributed by atoms with Crippen molar-refractivity contribution in [1.82, 2.24) is 4.90 Å². The second-order valence-electron chi connectivity index (χ2n) is 9.57. The predicted molar refractivity (Wildman–Crippen MR) is 181 cm³/mol. The van der Waals surface area contributed by atoms with Gasteiger partial charge in [0, 0.05) is 45.1 Å². The van der Waals surface area contributed by atoms with Crippen molar-refractivity contribution in [3.8, 4) is 0 Å². The Morgan fingerprint density at radius 1 is 0.525 bits per heavy atom. The summed E-state index contributed by atoms with van der Waals surface area (Å²) in [4.78, 5) is 6.88. The predicted octanol–water partition coefficient (Wildman–Crippen LogP) is 9.40. The summed E-state index contributed by atoms with van der Waals surface area (Å²) in [6, 6.07) is 26.0. The van der Waals surface area contributed by atoms with Crippen LogP contribution in [0.5, 0.6) is 0 Å². The molecule has 3 aliphatic rings. The molecular weight excluding hydrogens is 486 g/mol. The van der Waals surface area contributed by atoms with E-state index in [1.165, 1.54) is 66.0 Å². The van der Waals surface area contributed by atoms with E-state index in [9.17, 15) is 0 Å². The zero-order valence-electron chi connectivity index (χ0n) is 27.1. The van der Waals surface area contributed by atoms with E-state index in [0.717, 1.165) is 19.4 Å². The Balaban J connectivity index is 0.000000274. The first-order valence-corrected chi connectivity index (χ1v) is 15.6. The monoisotopic (exact) mass is 543 g/mol. The van der Waals surface area contributed by atoms with Crippen LogP contribution in [0.2, 0.25) is 0 Å². The van der Waals surface area contributed by atoms with E-state index in [0.29, 0.717) is 0 Å². The van der Waals surface area contributed by atoms with E-state index in [4.69, 9.17) is 0 Å². The molecular formula is C37H57N3. The van der Waals surface area contributed by atoms with Crippen LogP contribution in [0.1, 0.15) is 76.6 Å². The van der Waals surface area contributed by atoms with Crippen molar-refractivity contribution in [1.29, 1.82) is 0 Å². The molecule has 0 saturated heterocycles. The lowest BCUT2D eigenvalue weighted by molar-refractivity contribution is 0.313. The molecule has 3 aliphatic heterocycles. The summed E-state index contributed by atoms with van der Waals surface area (Å²) >= 11 is 0. The van der Waals surface area contributed by atoms with E-state index in [1.807, 2.05) is 41.5 Å². The molecule has 0 unspecified atom stereocenters. The zero-order valence-corrected chi connectivity index (χ0v) is 27.1. The van der Waals surface area contributed by atoms with Gasteiger partial charge in [-0.1, -0.05) is 108 Å². The highest BCUT2D eigenvalue weighted by Gasteiger charge is 2.12. The minimum Gasteiger partial charge on any atom is -0.374 e. The zero-order chi connectivity index (χ0) is 29.8. The summed E-state index contributed by atoms with van der Waals surface area (Å²) < 4.78 is 0. The second-order valence-corrected chi connectivity index (χ2v) is 9.57. The lowest BCUT2D eigenvalue weighted by Gasteiger charge is -2.26. The second kappa shape index (κ2) is 20.8. The minimum absolute atomic E-state index is 1.12. The topological polar surface area (TPSA) is 9.72 Å². The van der Waals surface area contributed by atoms with Gasteiger partial charge in [-0.25, -0.2) is 0 Å². The van der Waals surface area contributed by atoms with Gasteiger partial charge < -0.3 is 14.7 Å². The summed E-state index contributed by atoms with van der Waals surface area (Å²) in [7, 11) is 6.44. The summed E-state index contributed by atoms with van der Waals surface area (Å²) in [6.07, 6.45) is 10.4. The van der Waals surface area contributed by atoms with Gasteiger partial charge in [0.05, 0.1) is 0 Å². The molecule has 0 N–H and O–H groups in total. The molecule has 0 amide bonds. The quantitative estimate of drug-likeness (QED) is 0.280. The molecule has 0 bridgehead atoms. The third-order valence-electron chi connectivity index (χ3n) is 6.94. The lowest BCUT2D eigenvalue weighted by atomic mass is 10.0. The largest absolute Gasteiger partial charge is 0.374 e. The highest BCUT2D eigenvalue weighted by Crippen LogP contribution is 2.25. The molecule has 3 nitrogen and oxygen atoms in total. The molecule has 0 saturated carbocycles. The van der Waals surface area contributed by atoms with E-state index in [2.05, 4.69) is 121 Å². The molecule has 0 fully saturated rings. The van der Waals surface area contributed by atoms with Crippen LogP contribution in [0.4, 0.5) is 11.4 Å². The Morgan fingerprint density at radius 3 is 1.68 bits per heavy atom. The Hall–Kier alpha value is -3.04. The van der Waals surface area contributed by atoms with Gasteiger partial charge in [-0.3, -0.25) is 0 Å². The van der Waals surface area contributed by atoms with Crippen molar-refractivity contribution in [3.05, 3.63) is 107 Å². The van der Waals surface area contributed by atoms with Crippen LogP contribution in [-0.2, 0) is 25.8 Å². The van der Waals surface area contributed by atoms with Crippen molar-refractivity contribution in [2.75, 3.05) is 44.0 Å². The molecule has 3 aromatic rings. The van der Waals surface area contributed by atoms with Crippen LogP contribution in [-0.4, -0.2) is 39.1 Å². The number of rotatable bonds is 0. The Labute approximate surface area is 247 Å². The van der Waals surface area contributed by atoms with Gasteiger partial charge in [-0.05, 0) is 79.7 Å². The molecule has 6 rings (SSSR count). The standard InChI is InChI=1S/C11H13N.2C10H13N.3C2H6/c1-12-9-5-4-7-10-6-2-3-8-11(10)12;1-11-8-4-6-9-5-2-3-7-10(9)11;1-11-7-6-9-4-2-3-5-10(9)8-11;3*1-2/h2-3,5-6,8-9H,4,7H2,1H3;2-3,5,7H,4,6,8H2,1H3;2-5H,6-8H2,1H3;3*1-2H3. The van der Waals surface area contributed by atoms with Gasteiger partial charge in [0.15, 0.2) is 0 Å². The van der Waals surface area contributed by atoms with Gasteiger partial charge >= 0.3 is 0 Å². The number of fused-ring (bicyclic) bond motifs is 3. The third kappa shape index (κ3) is 11.2. The summed E-state index contributed by atoms with van der Waals surface area (Å²) in [6.45, 7) is 15.5. The Bertz CT molecular complexity index is 1090. The number of benzene rings is 3. The highest BCUT2D eigenvalue weighted by atomic mass is 15.1. The normalized spacial score (nSPS) is 14.5. The average molecular weight is 544 g/mol. The number of anilines is 2. The van der Waals surface area contributed by atoms with Gasteiger partial charge in [0.2, 0.25) is 0 Å². The number of hydrogen-bond acceptors (Lipinski definition) is 3. The van der Waals surface area contributed by atoms with Crippen molar-refractivity contribution < 1.29 is 0 Å². The van der Waals surface area contributed by atoms with Crippen molar-refractivity contribution in [3.63, 3.8) is 0 Å². The van der Waals surface area contributed by atoms with Crippen LogP contribution in [0.3, 0.4) is 0 Å². The van der Waals surface area contributed by atoms with Gasteiger partial charge in [-0.15, -0.1) is 0 Å². The lowest BCUT2D eigenvalue weighted by Crippen LogP contribution is -2.26. The maximum Gasteiger partial charge on any atom is 0.0436 e. The van der Waals surface area contributed by atoms with Crippen LogP contribution < -0.4 is 9.80 Å². The number of para-hydroxylation sites is 2. The van der Waals surface area contributed by atoms with E-state index < -0.39 is 0 Å². The fourth-order valence-electron chi connectivity index (χ4n) is 4.98. The van der Waals surface area contributed by atoms with Gasteiger partial charge in [0.25, 0.3) is 0 Å². The molecule has 3 heteroatoms. The molecule has 3 heterocycles. The molecule has 0 atom stereocenters. The molecule has 0 aromatic heterocycles. The van der Waals surface area contributed by atoms with Gasteiger partial charge in [-0.2, -0.15) is 0 Å². The van der Waals surface area contributed by atoms with Crippen molar-refractivity contribution >= 4 is 11.4 Å². The first-order chi connectivity index (χ1) is 19.6. The number of likely N-dealkylation sites (N-methyl/N-ethyl adjacent to an activating group) is 1. The van der Waals surface area contributed by atoms with Crippen LogP contribution in [0, 0.1) is 0 Å². The molecule has 220 valence electrons. The number of aryl methyl sites for hydroxylation is 2. The maximum atomic E-state index is 2.36. The van der Waals surface area contributed by atoms with E-state index in [-0.39, 0.29) is 0 Å². The summed E-state index contributed by atoms with van der Waals surface area (Å²) in [5.41, 5.74) is 8.74. The van der Waals surface area contributed by atoms with Crippen molar-refractivity contribution in [2.24, 2.45) is 0 Å². The first-order valence-electron chi connectivity index (χ1n) is 15.6. The van der Waals surface area contributed by atoms with Crippen molar-refractivity contribution in [2.45, 2.75) is 80.2 Å². The SMILES string of the molecule is CC.CC.CC.CN1C=CCCc2ccccc21.CN1CCCc2ccccc21.CN1CCc2ccccc2C1. The fraction of sp³-hybridized carbons (Fsp3) is 0.459. The molecule has 3 aromatic carbocycles. The van der Waals surface area contributed by atoms with E-state index in [1.54, 1.807) is 0 Å². The van der Waals surface area contributed by atoms with Crippen LogP contribution in [0.25, 0.3) is 0 Å². The minimum atomic E-state index is 1.12. The van der Waals surface area contributed by atoms with E-state index >= 15 is 0 Å². The Morgan fingerprint density at radius 2 is 1.05 bits per heavy atom. The number of allylic oxidation sites excluding steroid dienone is 1. The van der Waals surface area contributed by atoms with Gasteiger partial charge in [0.1, 0.15) is 0 Å². The Kier molecular flexibility index (Phi) is 18.2. The number of hydrogen-bond donors (Lipinski definition) is 0. The van der Waals surface area contributed by atoms with Crippen LogP contribution >= 0.6 is 0 Å².